The maximum absolute atomic E-state index is 12.2. The van der Waals surface area contributed by atoms with Crippen molar-refractivity contribution in [3.8, 4) is 0 Å². The van der Waals surface area contributed by atoms with Gasteiger partial charge < -0.3 is 15.2 Å². The highest BCUT2D eigenvalue weighted by molar-refractivity contribution is 5.87. The smallest absolute Gasteiger partial charge is 0.326 e. The van der Waals surface area contributed by atoms with Crippen LogP contribution in [0.15, 0.2) is 0 Å². The number of carboxylic acid groups (broad SMARTS) is 1. The first-order valence-corrected chi connectivity index (χ1v) is 6.46. The molecule has 1 aliphatic rings. The van der Waals surface area contributed by atoms with Crippen LogP contribution in [0.1, 0.15) is 40.0 Å². The van der Waals surface area contributed by atoms with E-state index >= 15 is 0 Å². The number of nitrogens with one attached hydrogen (secondary N) is 1. The Labute approximate surface area is 108 Å². The van der Waals surface area contributed by atoms with Crippen molar-refractivity contribution in [3.05, 3.63) is 0 Å². The molecular weight excluding hydrogens is 234 g/mol. The normalized spacial score (nSPS) is 25.8. The molecule has 1 saturated heterocycles. The molecule has 0 aromatic carbocycles. The minimum atomic E-state index is -0.975. The average Bonchev–Trinajstić information content (AvgIpc) is 2.28. The van der Waals surface area contributed by atoms with Gasteiger partial charge in [-0.15, -0.1) is 0 Å². The molecule has 5 nitrogen and oxygen atoms in total. The van der Waals surface area contributed by atoms with Crippen molar-refractivity contribution in [1.29, 1.82) is 0 Å². The van der Waals surface area contributed by atoms with E-state index < -0.39 is 17.4 Å². The standard InChI is InChI=1S/C13H23NO4/c1-9(2)7-10(11(15)16)14-12(17)13(3)5-4-6-18-8-13/h9-10H,4-8H2,1-3H3,(H,14,17)(H,15,16)/t10-,13?/m1/s1. The SMILES string of the molecule is CC(C)C[C@@H](NC(=O)C1(C)CCCOC1)C(=O)O. The Morgan fingerprint density at radius 2 is 2.11 bits per heavy atom. The van der Waals surface area contributed by atoms with Gasteiger partial charge in [-0.2, -0.15) is 0 Å². The van der Waals surface area contributed by atoms with Crippen molar-refractivity contribution in [1.82, 2.24) is 5.32 Å². The lowest BCUT2D eigenvalue weighted by Gasteiger charge is -2.33. The first-order chi connectivity index (χ1) is 8.35. The van der Waals surface area contributed by atoms with E-state index in [9.17, 15) is 9.59 Å². The van der Waals surface area contributed by atoms with E-state index in [4.69, 9.17) is 9.84 Å². The second kappa shape index (κ2) is 6.18. The fraction of sp³-hybridized carbons (Fsp3) is 0.846. The molecule has 18 heavy (non-hydrogen) atoms. The molecule has 1 aliphatic heterocycles. The minimum Gasteiger partial charge on any atom is -0.480 e. The molecule has 1 fully saturated rings. The van der Waals surface area contributed by atoms with Crippen LogP contribution in [-0.2, 0) is 14.3 Å². The summed E-state index contributed by atoms with van der Waals surface area (Å²) in [4.78, 5) is 23.3. The average molecular weight is 257 g/mol. The Bertz CT molecular complexity index is 308. The largest absolute Gasteiger partial charge is 0.480 e. The van der Waals surface area contributed by atoms with E-state index in [0.29, 0.717) is 19.6 Å². The van der Waals surface area contributed by atoms with Crippen molar-refractivity contribution in [2.24, 2.45) is 11.3 Å². The summed E-state index contributed by atoms with van der Waals surface area (Å²) >= 11 is 0. The molecule has 0 saturated carbocycles. The van der Waals surface area contributed by atoms with E-state index in [2.05, 4.69) is 5.32 Å². The number of carboxylic acids is 1. The quantitative estimate of drug-likeness (QED) is 0.781. The Balaban J connectivity index is 2.62. The highest BCUT2D eigenvalue weighted by Crippen LogP contribution is 2.28. The van der Waals surface area contributed by atoms with E-state index in [0.717, 1.165) is 12.8 Å². The molecule has 0 bridgehead atoms. The van der Waals surface area contributed by atoms with Gasteiger partial charge in [0, 0.05) is 6.61 Å². The van der Waals surface area contributed by atoms with Gasteiger partial charge in [-0.05, 0) is 32.1 Å². The number of ether oxygens (including phenoxy) is 1. The summed E-state index contributed by atoms with van der Waals surface area (Å²) in [5.41, 5.74) is -0.594. The Morgan fingerprint density at radius 3 is 2.56 bits per heavy atom. The number of hydrogen-bond donors (Lipinski definition) is 2. The fourth-order valence-corrected chi connectivity index (χ4v) is 2.14. The highest BCUT2D eigenvalue weighted by Gasteiger charge is 2.37. The van der Waals surface area contributed by atoms with Gasteiger partial charge in [0.05, 0.1) is 12.0 Å². The molecule has 0 aromatic rings. The van der Waals surface area contributed by atoms with E-state index in [-0.39, 0.29) is 11.8 Å². The molecule has 1 heterocycles. The van der Waals surface area contributed by atoms with Crippen molar-refractivity contribution < 1.29 is 19.4 Å². The summed E-state index contributed by atoms with van der Waals surface area (Å²) in [5, 5.41) is 11.7. The Morgan fingerprint density at radius 1 is 1.44 bits per heavy atom. The third-order valence-electron chi connectivity index (χ3n) is 3.30. The van der Waals surface area contributed by atoms with Gasteiger partial charge in [-0.1, -0.05) is 13.8 Å². The van der Waals surface area contributed by atoms with Crippen LogP contribution in [0.25, 0.3) is 0 Å². The second-order valence-corrected chi connectivity index (χ2v) is 5.71. The third kappa shape index (κ3) is 3.98. The minimum absolute atomic E-state index is 0.213. The summed E-state index contributed by atoms with van der Waals surface area (Å²) in [7, 11) is 0. The molecule has 1 unspecified atom stereocenters. The number of rotatable bonds is 5. The molecule has 2 N–H and O–H groups in total. The number of amides is 1. The number of carbonyl (C=O) groups is 2. The molecule has 0 aromatic heterocycles. The molecule has 0 aliphatic carbocycles. The highest BCUT2D eigenvalue weighted by atomic mass is 16.5. The van der Waals surface area contributed by atoms with Crippen LogP contribution < -0.4 is 5.32 Å². The number of carbonyl (C=O) groups excluding carboxylic acids is 1. The summed E-state index contributed by atoms with van der Waals surface area (Å²) < 4.78 is 5.32. The Hall–Kier alpha value is -1.10. The van der Waals surface area contributed by atoms with E-state index in [1.54, 1.807) is 0 Å². The maximum atomic E-state index is 12.2. The molecule has 0 spiro atoms. The van der Waals surface area contributed by atoms with Gasteiger partial charge in [-0.3, -0.25) is 4.79 Å². The lowest BCUT2D eigenvalue weighted by molar-refractivity contribution is -0.146. The van der Waals surface area contributed by atoms with Crippen LogP contribution in [0, 0.1) is 11.3 Å². The Kier molecular flexibility index (Phi) is 5.14. The zero-order valence-corrected chi connectivity index (χ0v) is 11.4. The van der Waals surface area contributed by atoms with Crippen LogP contribution in [0.4, 0.5) is 0 Å². The van der Waals surface area contributed by atoms with Gasteiger partial charge in [0.2, 0.25) is 5.91 Å². The van der Waals surface area contributed by atoms with Crippen molar-refractivity contribution in [2.45, 2.75) is 46.1 Å². The number of aliphatic carboxylic acids is 1. The summed E-state index contributed by atoms with van der Waals surface area (Å²) in [6.45, 7) is 6.75. The molecule has 0 radical (unpaired) electrons. The molecule has 104 valence electrons. The van der Waals surface area contributed by atoms with Crippen LogP contribution in [0.2, 0.25) is 0 Å². The van der Waals surface area contributed by atoms with Gasteiger partial charge in [-0.25, -0.2) is 4.79 Å². The molecule has 5 heteroatoms. The van der Waals surface area contributed by atoms with E-state index in [1.165, 1.54) is 0 Å². The second-order valence-electron chi connectivity index (χ2n) is 5.71. The first kappa shape index (κ1) is 15.0. The summed E-state index contributed by atoms with van der Waals surface area (Å²) in [6, 6.07) is -0.809. The topological polar surface area (TPSA) is 75.6 Å². The third-order valence-corrected chi connectivity index (χ3v) is 3.30. The van der Waals surface area contributed by atoms with Gasteiger partial charge >= 0.3 is 5.97 Å². The monoisotopic (exact) mass is 257 g/mol. The van der Waals surface area contributed by atoms with Gasteiger partial charge in [0.25, 0.3) is 0 Å². The van der Waals surface area contributed by atoms with Crippen molar-refractivity contribution >= 4 is 11.9 Å². The van der Waals surface area contributed by atoms with Gasteiger partial charge in [0.15, 0.2) is 0 Å². The van der Waals surface area contributed by atoms with Crippen LogP contribution in [0.3, 0.4) is 0 Å². The first-order valence-electron chi connectivity index (χ1n) is 6.46. The molecule has 2 atom stereocenters. The maximum Gasteiger partial charge on any atom is 0.326 e. The zero-order valence-electron chi connectivity index (χ0n) is 11.4. The van der Waals surface area contributed by atoms with Crippen molar-refractivity contribution in [3.63, 3.8) is 0 Å². The van der Waals surface area contributed by atoms with Gasteiger partial charge in [0.1, 0.15) is 6.04 Å². The molecule has 1 rings (SSSR count). The molecule has 1 amide bonds. The van der Waals surface area contributed by atoms with Crippen molar-refractivity contribution in [2.75, 3.05) is 13.2 Å². The summed E-state index contributed by atoms with van der Waals surface area (Å²) in [5.74, 6) is -0.963. The summed E-state index contributed by atoms with van der Waals surface area (Å²) in [6.07, 6.45) is 2.02. The van der Waals surface area contributed by atoms with Crippen LogP contribution >= 0.6 is 0 Å². The lowest BCUT2D eigenvalue weighted by Crippen LogP contribution is -2.50. The van der Waals surface area contributed by atoms with Crippen LogP contribution in [-0.4, -0.2) is 36.2 Å². The van der Waals surface area contributed by atoms with E-state index in [1.807, 2.05) is 20.8 Å². The fourth-order valence-electron chi connectivity index (χ4n) is 2.14. The predicted octanol–water partition coefficient (Wildman–Crippen LogP) is 1.42. The lowest BCUT2D eigenvalue weighted by atomic mass is 9.83. The number of hydrogen-bond acceptors (Lipinski definition) is 3. The molecular formula is C13H23NO4. The predicted molar refractivity (Wildman–Crippen MR) is 67.2 cm³/mol. The van der Waals surface area contributed by atoms with Crippen LogP contribution in [0.5, 0.6) is 0 Å². The zero-order chi connectivity index (χ0) is 13.8.